The summed E-state index contributed by atoms with van der Waals surface area (Å²) in [6.07, 6.45) is 0. The molecule has 0 spiro atoms. The first-order chi connectivity index (χ1) is 9.70. The van der Waals surface area contributed by atoms with Gasteiger partial charge in [-0.15, -0.1) is 10.2 Å². The average Bonchev–Trinajstić information content (AvgIpc) is 2.88. The van der Waals surface area contributed by atoms with E-state index in [0.717, 1.165) is 36.2 Å². The van der Waals surface area contributed by atoms with Crippen LogP contribution in [0, 0.1) is 0 Å². The van der Waals surface area contributed by atoms with Crippen LogP contribution in [0.25, 0.3) is 11.5 Å². The molecular formula is C14H17BrN4O. The van der Waals surface area contributed by atoms with Gasteiger partial charge in [0.15, 0.2) is 0 Å². The molecule has 1 N–H and O–H groups in total. The summed E-state index contributed by atoms with van der Waals surface area (Å²) in [6.45, 7) is 5.94. The normalized spacial score (nSPS) is 20.2. The van der Waals surface area contributed by atoms with E-state index in [1.807, 2.05) is 24.3 Å². The first kappa shape index (κ1) is 13.7. The van der Waals surface area contributed by atoms with E-state index in [9.17, 15) is 0 Å². The molecule has 2 heterocycles. The molecule has 1 fully saturated rings. The number of benzene rings is 1. The first-order valence-electron chi connectivity index (χ1n) is 6.75. The highest BCUT2D eigenvalue weighted by Gasteiger charge is 2.18. The largest absolute Gasteiger partial charge is 0.419 e. The van der Waals surface area contributed by atoms with Gasteiger partial charge in [-0.1, -0.05) is 15.9 Å². The van der Waals surface area contributed by atoms with E-state index in [1.54, 1.807) is 0 Å². The minimum Gasteiger partial charge on any atom is -0.419 e. The zero-order valence-corrected chi connectivity index (χ0v) is 12.9. The molecular weight excluding hydrogens is 320 g/mol. The van der Waals surface area contributed by atoms with Gasteiger partial charge in [-0.25, -0.2) is 0 Å². The molecule has 5 nitrogen and oxygen atoms in total. The zero-order valence-electron chi connectivity index (χ0n) is 11.3. The molecule has 106 valence electrons. The Morgan fingerprint density at radius 3 is 2.90 bits per heavy atom. The summed E-state index contributed by atoms with van der Waals surface area (Å²) in [4.78, 5) is 2.33. The van der Waals surface area contributed by atoms with Crippen molar-refractivity contribution in [3.63, 3.8) is 0 Å². The van der Waals surface area contributed by atoms with Gasteiger partial charge in [-0.3, -0.25) is 4.90 Å². The number of hydrogen-bond acceptors (Lipinski definition) is 5. The fourth-order valence-electron chi connectivity index (χ4n) is 2.37. The second kappa shape index (κ2) is 6.03. The number of aromatic nitrogens is 2. The van der Waals surface area contributed by atoms with Crippen molar-refractivity contribution in [2.75, 3.05) is 19.6 Å². The molecule has 1 aliphatic heterocycles. The highest BCUT2D eigenvalue weighted by atomic mass is 79.9. The molecule has 1 aliphatic rings. The van der Waals surface area contributed by atoms with E-state index >= 15 is 0 Å². The highest BCUT2D eigenvalue weighted by Crippen LogP contribution is 2.21. The predicted octanol–water partition coefficient (Wildman–Crippen LogP) is 2.29. The van der Waals surface area contributed by atoms with Crippen molar-refractivity contribution in [1.29, 1.82) is 0 Å². The molecule has 0 amide bonds. The molecule has 0 bridgehead atoms. The van der Waals surface area contributed by atoms with Gasteiger partial charge in [-0.2, -0.15) is 0 Å². The summed E-state index contributed by atoms with van der Waals surface area (Å²) in [5.41, 5.74) is 0.945. The standard InChI is InChI=1S/C14H17BrN4O/c1-10-8-19(7-6-16-10)9-13-17-18-14(20-13)11-2-4-12(15)5-3-11/h2-5,10,16H,6-9H2,1H3/t10-/m1/s1. The number of nitrogens with zero attached hydrogens (tertiary/aromatic N) is 3. The Balaban J connectivity index is 1.69. The van der Waals surface area contributed by atoms with Gasteiger partial charge < -0.3 is 9.73 Å². The molecule has 6 heteroatoms. The van der Waals surface area contributed by atoms with Gasteiger partial charge >= 0.3 is 0 Å². The van der Waals surface area contributed by atoms with E-state index < -0.39 is 0 Å². The van der Waals surface area contributed by atoms with Crippen molar-refractivity contribution >= 4 is 15.9 Å². The van der Waals surface area contributed by atoms with Crippen molar-refractivity contribution < 1.29 is 4.42 Å². The van der Waals surface area contributed by atoms with E-state index in [2.05, 4.69) is 43.3 Å². The Morgan fingerprint density at radius 1 is 1.35 bits per heavy atom. The second-order valence-corrected chi connectivity index (χ2v) is 6.01. The van der Waals surface area contributed by atoms with Crippen LogP contribution < -0.4 is 5.32 Å². The number of piperazine rings is 1. The third-order valence-corrected chi connectivity index (χ3v) is 3.90. The zero-order chi connectivity index (χ0) is 13.9. The summed E-state index contributed by atoms with van der Waals surface area (Å²) >= 11 is 3.42. The third-order valence-electron chi connectivity index (χ3n) is 3.37. The smallest absolute Gasteiger partial charge is 0.247 e. The van der Waals surface area contributed by atoms with Crippen molar-refractivity contribution in [3.05, 3.63) is 34.6 Å². The number of rotatable bonds is 3. The van der Waals surface area contributed by atoms with Gasteiger partial charge in [-0.05, 0) is 31.2 Å². The summed E-state index contributed by atoms with van der Waals surface area (Å²) in [7, 11) is 0. The Hall–Kier alpha value is -1.24. The van der Waals surface area contributed by atoms with Crippen LogP contribution in [0.2, 0.25) is 0 Å². The van der Waals surface area contributed by atoms with Crippen LogP contribution >= 0.6 is 15.9 Å². The quantitative estimate of drug-likeness (QED) is 0.931. The maximum absolute atomic E-state index is 5.75. The topological polar surface area (TPSA) is 54.2 Å². The lowest BCUT2D eigenvalue weighted by molar-refractivity contribution is 0.184. The van der Waals surface area contributed by atoms with E-state index in [4.69, 9.17) is 4.42 Å². The lowest BCUT2D eigenvalue weighted by atomic mass is 10.2. The highest BCUT2D eigenvalue weighted by molar-refractivity contribution is 9.10. The van der Waals surface area contributed by atoms with Crippen LogP contribution in [0.5, 0.6) is 0 Å². The molecule has 1 saturated heterocycles. The molecule has 0 radical (unpaired) electrons. The van der Waals surface area contributed by atoms with Crippen LogP contribution in [0.4, 0.5) is 0 Å². The molecule has 0 aliphatic carbocycles. The molecule has 20 heavy (non-hydrogen) atoms. The van der Waals surface area contributed by atoms with Crippen LogP contribution in [-0.4, -0.2) is 40.8 Å². The lowest BCUT2D eigenvalue weighted by Gasteiger charge is -2.30. The summed E-state index contributed by atoms with van der Waals surface area (Å²) in [5.74, 6) is 1.26. The predicted molar refractivity (Wildman–Crippen MR) is 80.2 cm³/mol. The Morgan fingerprint density at radius 2 is 2.15 bits per heavy atom. The van der Waals surface area contributed by atoms with Gasteiger partial charge in [0.2, 0.25) is 11.8 Å². The summed E-state index contributed by atoms with van der Waals surface area (Å²) in [5, 5.41) is 11.7. The van der Waals surface area contributed by atoms with E-state index in [-0.39, 0.29) is 0 Å². The van der Waals surface area contributed by atoms with Crippen molar-refractivity contribution in [3.8, 4) is 11.5 Å². The number of hydrogen-bond donors (Lipinski definition) is 1. The fraction of sp³-hybridized carbons (Fsp3) is 0.429. The molecule has 1 aromatic heterocycles. The van der Waals surface area contributed by atoms with Crippen molar-refractivity contribution in [1.82, 2.24) is 20.4 Å². The molecule has 1 aromatic carbocycles. The van der Waals surface area contributed by atoms with Crippen molar-refractivity contribution in [2.24, 2.45) is 0 Å². The minimum absolute atomic E-state index is 0.512. The van der Waals surface area contributed by atoms with Crippen molar-refractivity contribution in [2.45, 2.75) is 19.5 Å². The van der Waals surface area contributed by atoms with Gasteiger partial charge in [0.05, 0.1) is 6.54 Å². The van der Waals surface area contributed by atoms with Gasteiger partial charge in [0.1, 0.15) is 0 Å². The first-order valence-corrected chi connectivity index (χ1v) is 7.54. The molecule has 2 aromatic rings. The van der Waals surface area contributed by atoms with Gasteiger partial charge in [0, 0.05) is 35.7 Å². The second-order valence-electron chi connectivity index (χ2n) is 5.10. The number of halogens is 1. The third kappa shape index (κ3) is 3.26. The number of nitrogens with one attached hydrogen (secondary N) is 1. The minimum atomic E-state index is 0.512. The summed E-state index contributed by atoms with van der Waals surface area (Å²) < 4.78 is 6.79. The monoisotopic (exact) mass is 336 g/mol. The maximum atomic E-state index is 5.75. The maximum Gasteiger partial charge on any atom is 0.247 e. The van der Waals surface area contributed by atoms with Crippen LogP contribution in [0.3, 0.4) is 0 Å². The van der Waals surface area contributed by atoms with E-state index in [0.29, 0.717) is 17.8 Å². The summed E-state index contributed by atoms with van der Waals surface area (Å²) in [6, 6.07) is 8.38. The van der Waals surface area contributed by atoms with Crippen LogP contribution in [-0.2, 0) is 6.54 Å². The Bertz CT molecular complexity index is 569. The molecule has 0 saturated carbocycles. The Labute approximate surface area is 126 Å². The SMILES string of the molecule is C[C@@H]1CN(Cc2nnc(-c3ccc(Br)cc3)o2)CCN1. The Kier molecular flexibility index (Phi) is 4.14. The van der Waals surface area contributed by atoms with Gasteiger partial charge in [0.25, 0.3) is 0 Å². The van der Waals surface area contributed by atoms with E-state index in [1.165, 1.54) is 0 Å². The molecule has 0 unspecified atom stereocenters. The van der Waals surface area contributed by atoms with Crippen LogP contribution in [0.15, 0.2) is 33.2 Å². The van der Waals surface area contributed by atoms with Crippen LogP contribution in [0.1, 0.15) is 12.8 Å². The fourth-order valence-corrected chi connectivity index (χ4v) is 2.64. The molecule has 1 atom stereocenters. The molecule has 3 rings (SSSR count). The average molecular weight is 337 g/mol. The lowest BCUT2D eigenvalue weighted by Crippen LogP contribution is -2.48.